The number of morpholine rings is 1. The summed E-state index contributed by atoms with van der Waals surface area (Å²) in [5, 5.41) is 4.03. The zero-order valence-electron chi connectivity index (χ0n) is 16.1. The van der Waals surface area contributed by atoms with Crippen LogP contribution in [0.5, 0.6) is 0 Å². The fraction of sp³-hybridized carbons (Fsp3) is 0.650. The number of ether oxygens (including phenoxy) is 1. The van der Waals surface area contributed by atoms with Crippen molar-refractivity contribution in [3.05, 3.63) is 34.9 Å². The van der Waals surface area contributed by atoms with Gasteiger partial charge in [-0.3, -0.25) is 14.8 Å². The molecule has 1 aromatic carbocycles. The molecule has 3 N–H and O–H groups in total. The number of hydrogen-bond acceptors (Lipinski definition) is 4. The van der Waals surface area contributed by atoms with Gasteiger partial charge in [0.1, 0.15) is 0 Å². The first-order valence-electron chi connectivity index (χ1n) is 10.1. The van der Waals surface area contributed by atoms with Gasteiger partial charge in [-0.1, -0.05) is 23.7 Å². The van der Waals surface area contributed by atoms with Crippen molar-refractivity contribution in [2.24, 2.45) is 10.7 Å². The molecule has 0 spiro atoms. The van der Waals surface area contributed by atoms with Crippen LogP contribution < -0.4 is 11.1 Å². The predicted octanol–water partition coefficient (Wildman–Crippen LogP) is 2.10. The van der Waals surface area contributed by atoms with Crippen LogP contribution in [0.25, 0.3) is 0 Å². The number of hydrogen-bond donors (Lipinski definition) is 2. The highest BCUT2D eigenvalue weighted by Crippen LogP contribution is 2.27. The molecule has 2 aliphatic rings. The highest BCUT2D eigenvalue weighted by Gasteiger charge is 2.23. The number of aliphatic imine (C=N–C) groups is 1. The smallest absolute Gasteiger partial charge is 0.188 e. The average Bonchev–Trinajstić information content (AvgIpc) is 3.21. The van der Waals surface area contributed by atoms with E-state index in [9.17, 15) is 0 Å². The Morgan fingerprint density at radius 1 is 1.22 bits per heavy atom. The van der Waals surface area contributed by atoms with Crippen molar-refractivity contribution in [2.45, 2.75) is 25.3 Å². The van der Waals surface area contributed by atoms with E-state index in [4.69, 9.17) is 22.1 Å². The summed E-state index contributed by atoms with van der Waals surface area (Å²) in [6.07, 6.45) is 3.55. The van der Waals surface area contributed by atoms with Crippen LogP contribution in [0.1, 0.15) is 30.9 Å². The van der Waals surface area contributed by atoms with Gasteiger partial charge in [0.25, 0.3) is 0 Å². The lowest BCUT2D eigenvalue weighted by Gasteiger charge is -2.27. The van der Waals surface area contributed by atoms with Crippen molar-refractivity contribution in [3.8, 4) is 0 Å². The van der Waals surface area contributed by atoms with Crippen molar-refractivity contribution in [3.63, 3.8) is 0 Å². The Bertz CT molecular complexity index is 600. The van der Waals surface area contributed by atoms with Gasteiger partial charge in [0, 0.05) is 24.7 Å². The number of halogens is 1. The van der Waals surface area contributed by atoms with Gasteiger partial charge >= 0.3 is 0 Å². The topological polar surface area (TPSA) is 66.1 Å². The molecule has 2 heterocycles. The molecular weight excluding hydrogens is 362 g/mol. The third kappa shape index (κ3) is 6.64. The highest BCUT2D eigenvalue weighted by atomic mass is 35.5. The average molecular weight is 394 g/mol. The van der Waals surface area contributed by atoms with Gasteiger partial charge in [-0.15, -0.1) is 0 Å². The molecule has 0 amide bonds. The van der Waals surface area contributed by atoms with Crippen molar-refractivity contribution in [1.29, 1.82) is 0 Å². The summed E-state index contributed by atoms with van der Waals surface area (Å²) in [5.74, 6) is 0.531. The van der Waals surface area contributed by atoms with E-state index in [1.807, 2.05) is 18.2 Å². The van der Waals surface area contributed by atoms with Crippen LogP contribution in [-0.2, 0) is 4.74 Å². The molecule has 1 atom stereocenters. The summed E-state index contributed by atoms with van der Waals surface area (Å²) in [6, 6.07) is 8.35. The van der Waals surface area contributed by atoms with Crippen molar-refractivity contribution >= 4 is 17.6 Å². The highest BCUT2D eigenvalue weighted by molar-refractivity contribution is 6.30. The molecule has 1 aromatic rings. The van der Waals surface area contributed by atoms with E-state index in [2.05, 4.69) is 26.2 Å². The number of nitrogens with zero attached hydrogens (tertiary/aromatic N) is 3. The van der Waals surface area contributed by atoms with Crippen LogP contribution in [0.2, 0.25) is 5.02 Å². The monoisotopic (exact) mass is 393 g/mol. The largest absolute Gasteiger partial charge is 0.379 e. The summed E-state index contributed by atoms with van der Waals surface area (Å²) < 4.78 is 5.38. The third-order valence-corrected chi connectivity index (χ3v) is 5.55. The number of rotatable bonds is 8. The Morgan fingerprint density at radius 2 is 2.00 bits per heavy atom. The molecule has 1 unspecified atom stereocenters. The Balaban J connectivity index is 1.47. The first kappa shape index (κ1) is 20.4. The van der Waals surface area contributed by atoms with Crippen molar-refractivity contribution in [2.75, 3.05) is 59.0 Å². The van der Waals surface area contributed by atoms with Gasteiger partial charge in [0.05, 0.1) is 25.8 Å². The Hall–Kier alpha value is -1.34. The maximum atomic E-state index is 6.20. The number of guanidine groups is 1. The number of nitrogens with two attached hydrogens (primary N) is 1. The summed E-state index contributed by atoms with van der Waals surface area (Å²) in [7, 11) is 0. The third-order valence-electron chi connectivity index (χ3n) is 5.31. The summed E-state index contributed by atoms with van der Waals surface area (Å²) >= 11 is 6.20. The standard InChI is InChI=1S/C20H32ClN5O/c21-18-6-3-5-17(15-18)19(26-9-1-2-10-26)16-24-20(22)23-7-4-8-25-11-13-27-14-12-25/h3,5-6,15,19H,1-2,4,7-14,16H2,(H3,22,23,24). The quantitative estimate of drug-likeness (QED) is 0.402. The second kappa shape index (κ2) is 10.9. The van der Waals surface area contributed by atoms with Gasteiger partial charge in [-0.2, -0.15) is 0 Å². The Morgan fingerprint density at radius 3 is 2.74 bits per heavy atom. The van der Waals surface area contributed by atoms with Gasteiger partial charge in [-0.05, 0) is 56.6 Å². The molecule has 27 heavy (non-hydrogen) atoms. The fourth-order valence-electron chi connectivity index (χ4n) is 3.78. The number of nitrogens with one attached hydrogen (secondary N) is 1. The van der Waals surface area contributed by atoms with Crippen LogP contribution in [0.3, 0.4) is 0 Å². The van der Waals surface area contributed by atoms with Gasteiger partial charge < -0.3 is 15.8 Å². The molecule has 2 saturated heterocycles. The van der Waals surface area contributed by atoms with E-state index in [-0.39, 0.29) is 6.04 Å². The maximum Gasteiger partial charge on any atom is 0.188 e. The molecule has 2 aliphatic heterocycles. The first-order valence-corrected chi connectivity index (χ1v) is 10.4. The molecule has 0 aromatic heterocycles. The minimum absolute atomic E-state index is 0.236. The zero-order chi connectivity index (χ0) is 18.9. The lowest BCUT2D eigenvalue weighted by molar-refractivity contribution is 0.0376. The van der Waals surface area contributed by atoms with E-state index < -0.39 is 0 Å². The van der Waals surface area contributed by atoms with Gasteiger partial charge in [0.15, 0.2) is 5.96 Å². The minimum Gasteiger partial charge on any atom is -0.379 e. The van der Waals surface area contributed by atoms with Crippen LogP contribution in [0.4, 0.5) is 0 Å². The maximum absolute atomic E-state index is 6.20. The fourth-order valence-corrected chi connectivity index (χ4v) is 3.98. The summed E-state index contributed by atoms with van der Waals surface area (Å²) in [4.78, 5) is 9.54. The molecular formula is C20H32ClN5O. The van der Waals surface area contributed by atoms with E-state index in [0.29, 0.717) is 12.5 Å². The first-order chi connectivity index (χ1) is 13.2. The van der Waals surface area contributed by atoms with Crippen LogP contribution in [0.15, 0.2) is 29.3 Å². The Kier molecular flexibility index (Phi) is 8.20. The lowest BCUT2D eigenvalue weighted by Crippen LogP contribution is -2.39. The molecule has 7 heteroatoms. The number of likely N-dealkylation sites (tertiary alicyclic amines) is 1. The number of benzene rings is 1. The second-order valence-electron chi connectivity index (χ2n) is 7.27. The molecule has 6 nitrogen and oxygen atoms in total. The van der Waals surface area contributed by atoms with Crippen molar-refractivity contribution < 1.29 is 4.74 Å². The molecule has 0 aliphatic carbocycles. The molecule has 0 bridgehead atoms. The molecule has 150 valence electrons. The van der Waals surface area contributed by atoms with E-state index in [1.165, 1.54) is 18.4 Å². The van der Waals surface area contributed by atoms with E-state index >= 15 is 0 Å². The van der Waals surface area contributed by atoms with Crippen molar-refractivity contribution in [1.82, 2.24) is 15.1 Å². The van der Waals surface area contributed by atoms with Crippen LogP contribution in [-0.4, -0.2) is 74.8 Å². The minimum atomic E-state index is 0.236. The summed E-state index contributed by atoms with van der Waals surface area (Å²) in [5.41, 5.74) is 7.32. The molecule has 0 radical (unpaired) electrons. The summed E-state index contributed by atoms with van der Waals surface area (Å²) in [6.45, 7) is 8.54. The van der Waals surface area contributed by atoms with Crippen LogP contribution >= 0.6 is 11.6 Å². The molecule has 3 rings (SSSR count). The second-order valence-corrected chi connectivity index (χ2v) is 7.71. The predicted molar refractivity (Wildman–Crippen MR) is 111 cm³/mol. The zero-order valence-corrected chi connectivity index (χ0v) is 16.8. The van der Waals surface area contributed by atoms with E-state index in [0.717, 1.165) is 63.9 Å². The molecule has 2 fully saturated rings. The normalized spacial score (nSPS) is 20.7. The van der Waals surface area contributed by atoms with Gasteiger partial charge in [0.2, 0.25) is 0 Å². The van der Waals surface area contributed by atoms with E-state index in [1.54, 1.807) is 0 Å². The molecule has 0 saturated carbocycles. The van der Waals surface area contributed by atoms with Gasteiger partial charge in [-0.25, -0.2) is 0 Å². The SMILES string of the molecule is NC(=NCC(c1cccc(Cl)c1)N1CCCC1)NCCCN1CCOCC1. The lowest BCUT2D eigenvalue weighted by atomic mass is 10.1. The van der Waals surface area contributed by atoms with Crippen LogP contribution in [0, 0.1) is 0 Å². The Labute approximate surface area is 167 Å².